The third-order valence-electron chi connectivity index (χ3n) is 2.95. The number of rotatable bonds is 3. The van der Waals surface area contributed by atoms with Crippen LogP contribution in [0.5, 0.6) is 0 Å². The van der Waals surface area contributed by atoms with Crippen molar-refractivity contribution in [1.82, 2.24) is 4.31 Å². The minimum atomic E-state index is -4.64. The Bertz CT molecular complexity index is 679. The van der Waals surface area contributed by atoms with Gasteiger partial charge < -0.3 is 9.84 Å². The Morgan fingerprint density at radius 3 is 2.57 bits per heavy atom. The third kappa shape index (κ3) is 2.74. The topological polar surface area (TPSA) is 83.9 Å². The van der Waals surface area contributed by atoms with Crippen molar-refractivity contribution >= 4 is 16.0 Å². The number of hydrogen-bond donors (Lipinski definition) is 1. The first kappa shape index (κ1) is 15.7. The van der Waals surface area contributed by atoms with Crippen LogP contribution in [-0.4, -0.2) is 49.6 Å². The van der Waals surface area contributed by atoms with Crippen LogP contribution in [-0.2, 0) is 19.6 Å². The fourth-order valence-electron chi connectivity index (χ4n) is 1.90. The molecule has 21 heavy (non-hydrogen) atoms. The third-order valence-corrected chi connectivity index (χ3v) is 4.88. The molecule has 1 N–H and O–H groups in total. The molecule has 0 saturated carbocycles. The Labute approximate surface area is 117 Å². The van der Waals surface area contributed by atoms with Gasteiger partial charge in [0, 0.05) is 6.54 Å². The van der Waals surface area contributed by atoms with E-state index in [9.17, 15) is 26.4 Å². The fraction of sp³-hybridized carbons (Fsp3) is 0.364. The van der Waals surface area contributed by atoms with E-state index in [1.807, 2.05) is 0 Å². The van der Waals surface area contributed by atoms with Crippen molar-refractivity contribution in [3.8, 4) is 0 Å². The number of carbonyl (C=O) groups is 1. The van der Waals surface area contributed by atoms with Gasteiger partial charge in [-0.2, -0.15) is 4.31 Å². The number of halogens is 3. The van der Waals surface area contributed by atoms with Gasteiger partial charge in [0.15, 0.2) is 17.5 Å². The molecule has 6 nitrogen and oxygen atoms in total. The molecule has 1 aliphatic rings. The Balaban J connectivity index is 2.51. The average molecular weight is 325 g/mol. The van der Waals surface area contributed by atoms with E-state index in [4.69, 9.17) is 9.84 Å². The predicted octanol–water partition coefficient (Wildman–Crippen LogP) is 0.578. The Morgan fingerprint density at radius 1 is 1.29 bits per heavy atom. The van der Waals surface area contributed by atoms with Gasteiger partial charge in [-0.1, -0.05) is 0 Å². The number of hydrogen-bond acceptors (Lipinski definition) is 4. The highest BCUT2D eigenvalue weighted by atomic mass is 32.2. The van der Waals surface area contributed by atoms with Gasteiger partial charge in [-0.25, -0.2) is 21.6 Å². The van der Waals surface area contributed by atoms with Gasteiger partial charge in [-0.15, -0.1) is 0 Å². The summed E-state index contributed by atoms with van der Waals surface area (Å²) in [5.41, 5.74) is 0. The lowest BCUT2D eigenvalue weighted by Gasteiger charge is -2.31. The molecule has 10 heteroatoms. The van der Waals surface area contributed by atoms with E-state index >= 15 is 0 Å². The van der Waals surface area contributed by atoms with E-state index in [0.29, 0.717) is 16.4 Å². The summed E-state index contributed by atoms with van der Waals surface area (Å²) in [6.07, 6.45) is 0. The van der Waals surface area contributed by atoms with Gasteiger partial charge in [-0.05, 0) is 12.1 Å². The van der Waals surface area contributed by atoms with Crippen LogP contribution in [0.15, 0.2) is 17.0 Å². The first-order chi connectivity index (χ1) is 9.76. The van der Waals surface area contributed by atoms with Crippen LogP contribution in [0.25, 0.3) is 0 Å². The smallest absolute Gasteiger partial charge is 0.324 e. The summed E-state index contributed by atoms with van der Waals surface area (Å²) in [5, 5.41) is 8.97. The number of carboxylic acids is 1. The average Bonchev–Trinajstić information content (AvgIpc) is 2.44. The summed E-state index contributed by atoms with van der Waals surface area (Å²) in [6, 6.07) is -0.546. The molecule has 1 aromatic carbocycles. The molecule has 0 aromatic heterocycles. The number of sulfonamides is 1. The number of carboxylic acid groups (broad SMARTS) is 1. The fourth-order valence-corrected chi connectivity index (χ4v) is 3.51. The molecule has 0 amide bonds. The lowest BCUT2D eigenvalue weighted by molar-refractivity contribution is -0.146. The van der Waals surface area contributed by atoms with Crippen molar-refractivity contribution in [2.24, 2.45) is 0 Å². The lowest BCUT2D eigenvalue weighted by Crippen LogP contribution is -2.52. The van der Waals surface area contributed by atoms with E-state index in [0.717, 1.165) is 0 Å². The van der Waals surface area contributed by atoms with Crippen LogP contribution < -0.4 is 0 Å². The Morgan fingerprint density at radius 2 is 1.95 bits per heavy atom. The van der Waals surface area contributed by atoms with E-state index in [1.54, 1.807) is 0 Å². The zero-order valence-corrected chi connectivity index (χ0v) is 11.2. The maximum absolute atomic E-state index is 13.6. The van der Waals surface area contributed by atoms with Crippen molar-refractivity contribution in [2.45, 2.75) is 10.9 Å². The maximum atomic E-state index is 13.6. The molecular weight excluding hydrogens is 315 g/mol. The molecule has 1 unspecified atom stereocenters. The van der Waals surface area contributed by atoms with Crippen LogP contribution in [0.2, 0.25) is 0 Å². The zero-order valence-electron chi connectivity index (χ0n) is 10.4. The van der Waals surface area contributed by atoms with Crippen molar-refractivity contribution in [2.75, 3.05) is 19.8 Å². The summed E-state index contributed by atoms with van der Waals surface area (Å²) in [7, 11) is -4.64. The second-order valence-corrected chi connectivity index (χ2v) is 6.08. The van der Waals surface area contributed by atoms with E-state index in [-0.39, 0.29) is 13.2 Å². The second-order valence-electron chi connectivity index (χ2n) is 4.22. The van der Waals surface area contributed by atoms with Crippen molar-refractivity contribution in [3.05, 3.63) is 29.6 Å². The highest BCUT2D eigenvalue weighted by Gasteiger charge is 2.40. The quantitative estimate of drug-likeness (QED) is 0.822. The molecule has 2 rings (SSSR count). The molecule has 1 fully saturated rings. The van der Waals surface area contributed by atoms with Crippen molar-refractivity contribution in [1.29, 1.82) is 0 Å². The molecule has 0 radical (unpaired) electrons. The molecule has 1 aromatic rings. The second kappa shape index (κ2) is 5.62. The molecule has 0 bridgehead atoms. The number of nitrogens with zero attached hydrogens (tertiary/aromatic N) is 1. The minimum Gasteiger partial charge on any atom is -0.480 e. The van der Waals surface area contributed by atoms with Gasteiger partial charge in [0.25, 0.3) is 0 Å². The van der Waals surface area contributed by atoms with Crippen molar-refractivity contribution < 1.29 is 36.2 Å². The summed E-state index contributed by atoms with van der Waals surface area (Å²) in [6.45, 7) is -0.841. The SMILES string of the molecule is O=C(O)C1COCCN1S(=O)(=O)c1ccc(F)c(F)c1F. The highest BCUT2D eigenvalue weighted by Crippen LogP contribution is 2.25. The molecule has 1 saturated heterocycles. The summed E-state index contributed by atoms with van der Waals surface area (Å²) in [4.78, 5) is 9.92. The lowest BCUT2D eigenvalue weighted by atomic mass is 10.3. The standard InChI is InChI=1S/C11H10F3NO5S/c12-6-1-2-8(10(14)9(6)13)21(18,19)15-3-4-20-5-7(15)11(16)17/h1-2,7H,3-5H2,(H,16,17). The maximum Gasteiger partial charge on any atom is 0.324 e. The van der Waals surface area contributed by atoms with Crippen LogP contribution in [0.1, 0.15) is 0 Å². The summed E-state index contributed by atoms with van der Waals surface area (Å²) >= 11 is 0. The van der Waals surface area contributed by atoms with Crippen molar-refractivity contribution in [3.63, 3.8) is 0 Å². The molecule has 116 valence electrons. The van der Waals surface area contributed by atoms with Gasteiger partial charge >= 0.3 is 5.97 Å². The van der Waals surface area contributed by atoms with Crippen LogP contribution in [0.3, 0.4) is 0 Å². The highest BCUT2D eigenvalue weighted by molar-refractivity contribution is 7.89. The molecule has 1 aliphatic heterocycles. The molecular formula is C11H10F3NO5S. The Hall–Kier alpha value is -1.65. The van der Waals surface area contributed by atoms with E-state index < -0.39 is 51.0 Å². The number of aliphatic carboxylic acids is 1. The van der Waals surface area contributed by atoms with Gasteiger partial charge in [0.2, 0.25) is 10.0 Å². The molecule has 0 aliphatic carbocycles. The predicted molar refractivity (Wildman–Crippen MR) is 62.5 cm³/mol. The monoisotopic (exact) mass is 325 g/mol. The minimum absolute atomic E-state index is 0.0890. The largest absolute Gasteiger partial charge is 0.480 e. The number of morpholine rings is 1. The van der Waals surface area contributed by atoms with Gasteiger partial charge in [-0.3, -0.25) is 4.79 Å². The van der Waals surface area contributed by atoms with Gasteiger partial charge in [0.05, 0.1) is 13.2 Å². The Kier molecular flexibility index (Phi) is 4.21. The summed E-state index contributed by atoms with van der Waals surface area (Å²) in [5.74, 6) is -6.84. The van der Waals surface area contributed by atoms with Crippen LogP contribution in [0, 0.1) is 17.5 Å². The van der Waals surface area contributed by atoms with E-state index in [2.05, 4.69) is 0 Å². The number of benzene rings is 1. The molecule has 1 heterocycles. The number of ether oxygens (including phenoxy) is 1. The van der Waals surface area contributed by atoms with Crippen LogP contribution >= 0.6 is 0 Å². The zero-order chi connectivity index (χ0) is 15.8. The molecule has 1 atom stereocenters. The normalized spacial score (nSPS) is 20.4. The summed E-state index contributed by atoms with van der Waals surface area (Å²) < 4.78 is 69.6. The first-order valence-electron chi connectivity index (χ1n) is 5.72. The molecule has 0 spiro atoms. The first-order valence-corrected chi connectivity index (χ1v) is 7.16. The van der Waals surface area contributed by atoms with Gasteiger partial charge in [0.1, 0.15) is 10.9 Å². The van der Waals surface area contributed by atoms with Crippen LogP contribution in [0.4, 0.5) is 13.2 Å². The van der Waals surface area contributed by atoms with E-state index in [1.165, 1.54) is 0 Å².